The van der Waals surface area contributed by atoms with E-state index in [1.54, 1.807) is 16.7 Å². The summed E-state index contributed by atoms with van der Waals surface area (Å²) in [7, 11) is 0. The van der Waals surface area contributed by atoms with E-state index >= 15 is 0 Å². The van der Waals surface area contributed by atoms with E-state index in [0.29, 0.717) is 6.04 Å². The van der Waals surface area contributed by atoms with Gasteiger partial charge < -0.3 is 5.32 Å². The summed E-state index contributed by atoms with van der Waals surface area (Å²) in [6, 6.07) is 7.97. The lowest BCUT2D eigenvalue weighted by molar-refractivity contribution is 0.253. The Labute approximate surface area is 123 Å². The molecule has 4 unspecified atom stereocenters. The van der Waals surface area contributed by atoms with Crippen molar-refractivity contribution in [3.8, 4) is 0 Å². The predicted octanol–water partition coefficient (Wildman–Crippen LogP) is 4.26. The van der Waals surface area contributed by atoms with Crippen molar-refractivity contribution >= 4 is 0 Å². The van der Waals surface area contributed by atoms with Crippen LogP contribution in [-0.2, 0) is 12.8 Å². The first-order chi connectivity index (χ1) is 9.85. The fourth-order valence-corrected chi connectivity index (χ4v) is 5.22. The molecule has 1 N–H and O–H groups in total. The van der Waals surface area contributed by atoms with Gasteiger partial charge in [0.1, 0.15) is 0 Å². The lowest BCUT2D eigenvalue weighted by Gasteiger charge is -2.32. The average molecular weight is 269 g/mol. The average Bonchev–Trinajstić information content (AvgIpc) is 3.19. The maximum Gasteiger partial charge on any atom is 0.0351 e. The van der Waals surface area contributed by atoms with Gasteiger partial charge in [0.15, 0.2) is 0 Å². The minimum atomic E-state index is 0.612. The summed E-state index contributed by atoms with van der Waals surface area (Å²) in [6.45, 7) is 3.35. The molecule has 0 radical (unpaired) electrons. The van der Waals surface area contributed by atoms with Crippen LogP contribution in [0.5, 0.6) is 0 Å². The van der Waals surface area contributed by atoms with Gasteiger partial charge in [0.05, 0.1) is 0 Å². The van der Waals surface area contributed by atoms with E-state index in [0.717, 1.165) is 24.3 Å². The molecule has 3 aliphatic carbocycles. The molecule has 108 valence electrons. The van der Waals surface area contributed by atoms with E-state index in [4.69, 9.17) is 0 Å². The van der Waals surface area contributed by atoms with Gasteiger partial charge in [-0.2, -0.15) is 0 Å². The second-order valence-corrected chi connectivity index (χ2v) is 7.26. The lowest BCUT2D eigenvalue weighted by Crippen LogP contribution is -2.31. The van der Waals surface area contributed by atoms with Crippen molar-refractivity contribution in [3.63, 3.8) is 0 Å². The molecular formula is C19H27N. The Kier molecular flexibility index (Phi) is 3.34. The van der Waals surface area contributed by atoms with Gasteiger partial charge in [-0.15, -0.1) is 0 Å². The number of rotatable bonds is 4. The van der Waals surface area contributed by atoms with E-state index in [-0.39, 0.29) is 0 Å². The molecule has 2 bridgehead atoms. The number of hydrogen-bond acceptors (Lipinski definition) is 1. The fourth-order valence-electron chi connectivity index (χ4n) is 5.22. The maximum absolute atomic E-state index is 3.82. The summed E-state index contributed by atoms with van der Waals surface area (Å²) in [4.78, 5) is 0. The normalized spacial score (nSPS) is 32.5. The minimum absolute atomic E-state index is 0.612. The summed E-state index contributed by atoms with van der Waals surface area (Å²) >= 11 is 0. The Morgan fingerprint density at radius 2 is 2.05 bits per heavy atom. The molecule has 1 aromatic rings. The molecule has 0 heterocycles. The first-order valence-corrected chi connectivity index (χ1v) is 8.70. The standard InChI is InChI=1S/C19H27N/c1-2-20-19(18-11-13-6-7-16(18)10-13)17-9-8-14-4-3-5-15(14)12-17/h8-9,12-13,16,18-20H,2-7,10-11H2,1H3. The van der Waals surface area contributed by atoms with Crippen molar-refractivity contribution < 1.29 is 0 Å². The van der Waals surface area contributed by atoms with Crippen molar-refractivity contribution in [2.75, 3.05) is 6.54 Å². The Balaban J connectivity index is 1.62. The van der Waals surface area contributed by atoms with Crippen LogP contribution in [0.25, 0.3) is 0 Å². The fraction of sp³-hybridized carbons (Fsp3) is 0.684. The Morgan fingerprint density at radius 3 is 2.80 bits per heavy atom. The van der Waals surface area contributed by atoms with Crippen molar-refractivity contribution in [2.45, 2.75) is 57.9 Å². The number of nitrogens with one attached hydrogen (secondary N) is 1. The van der Waals surface area contributed by atoms with Crippen LogP contribution in [0.15, 0.2) is 18.2 Å². The molecule has 2 fully saturated rings. The second-order valence-electron chi connectivity index (χ2n) is 7.26. The van der Waals surface area contributed by atoms with Crippen molar-refractivity contribution in [2.24, 2.45) is 17.8 Å². The van der Waals surface area contributed by atoms with E-state index in [2.05, 4.69) is 30.4 Å². The molecule has 20 heavy (non-hydrogen) atoms. The van der Waals surface area contributed by atoms with Gasteiger partial charge in [-0.3, -0.25) is 0 Å². The first kappa shape index (κ1) is 12.9. The summed E-state index contributed by atoms with van der Waals surface area (Å²) in [5.41, 5.74) is 4.82. The highest BCUT2D eigenvalue weighted by Crippen LogP contribution is 2.52. The number of hydrogen-bond donors (Lipinski definition) is 1. The van der Waals surface area contributed by atoms with E-state index < -0.39 is 0 Å². The van der Waals surface area contributed by atoms with Crippen LogP contribution in [0.4, 0.5) is 0 Å². The zero-order valence-corrected chi connectivity index (χ0v) is 12.7. The van der Waals surface area contributed by atoms with E-state index in [9.17, 15) is 0 Å². The molecule has 4 atom stereocenters. The van der Waals surface area contributed by atoms with Gasteiger partial charge in [0.2, 0.25) is 0 Å². The molecule has 4 rings (SSSR count). The molecule has 0 saturated heterocycles. The molecule has 0 aliphatic heterocycles. The highest BCUT2D eigenvalue weighted by atomic mass is 14.9. The van der Waals surface area contributed by atoms with Gasteiger partial charge in [0.25, 0.3) is 0 Å². The maximum atomic E-state index is 3.82. The monoisotopic (exact) mass is 269 g/mol. The van der Waals surface area contributed by atoms with Crippen molar-refractivity contribution in [1.82, 2.24) is 5.32 Å². The number of benzene rings is 1. The molecule has 0 spiro atoms. The highest BCUT2D eigenvalue weighted by Gasteiger charge is 2.43. The zero-order chi connectivity index (χ0) is 13.5. The third-order valence-electron chi connectivity index (χ3n) is 6.13. The van der Waals surface area contributed by atoms with E-state index in [1.807, 2.05) is 0 Å². The third-order valence-corrected chi connectivity index (χ3v) is 6.13. The second kappa shape index (κ2) is 5.18. The number of aryl methyl sites for hydroxylation is 2. The summed E-state index contributed by atoms with van der Waals surface area (Å²) < 4.78 is 0. The minimum Gasteiger partial charge on any atom is -0.310 e. The summed E-state index contributed by atoms with van der Waals surface area (Å²) in [5, 5.41) is 3.82. The molecule has 0 amide bonds. The molecule has 2 saturated carbocycles. The molecule has 1 nitrogen and oxygen atoms in total. The van der Waals surface area contributed by atoms with Crippen LogP contribution >= 0.6 is 0 Å². The quantitative estimate of drug-likeness (QED) is 0.861. The smallest absolute Gasteiger partial charge is 0.0351 e. The van der Waals surface area contributed by atoms with Crippen LogP contribution < -0.4 is 5.32 Å². The van der Waals surface area contributed by atoms with Crippen LogP contribution in [0.2, 0.25) is 0 Å². The SMILES string of the molecule is CCNC(c1ccc2c(c1)CCC2)C1CC2CCC1C2. The predicted molar refractivity (Wildman–Crippen MR) is 83.8 cm³/mol. The molecule has 0 aromatic heterocycles. The van der Waals surface area contributed by atoms with Crippen molar-refractivity contribution in [3.05, 3.63) is 34.9 Å². The Hall–Kier alpha value is -0.820. The van der Waals surface area contributed by atoms with Gasteiger partial charge in [-0.1, -0.05) is 31.5 Å². The topological polar surface area (TPSA) is 12.0 Å². The van der Waals surface area contributed by atoms with Crippen LogP contribution in [0.3, 0.4) is 0 Å². The van der Waals surface area contributed by atoms with Crippen LogP contribution in [0.1, 0.15) is 61.8 Å². The largest absolute Gasteiger partial charge is 0.310 e. The molecular weight excluding hydrogens is 242 g/mol. The lowest BCUT2D eigenvalue weighted by atomic mass is 9.80. The summed E-state index contributed by atoms with van der Waals surface area (Å²) in [5.74, 6) is 2.94. The highest BCUT2D eigenvalue weighted by molar-refractivity contribution is 5.37. The molecule has 1 heteroatoms. The summed E-state index contributed by atoms with van der Waals surface area (Å²) in [6.07, 6.45) is 9.94. The third kappa shape index (κ3) is 2.11. The Morgan fingerprint density at radius 1 is 1.15 bits per heavy atom. The molecule has 1 aromatic carbocycles. The number of fused-ring (bicyclic) bond motifs is 3. The van der Waals surface area contributed by atoms with Gasteiger partial charge in [0, 0.05) is 6.04 Å². The van der Waals surface area contributed by atoms with Crippen molar-refractivity contribution in [1.29, 1.82) is 0 Å². The van der Waals surface area contributed by atoms with Gasteiger partial charge in [-0.25, -0.2) is 0 Å². The van der Waals surface area contributed by atoms with Crippen LogP contribution in [-0.4, -0.2) is 6.54 Å². The van der Waals surface area contributed by atoms with E-state index in [1.165, 1.54) is 44.9 Å². The molecule has 3 aliphatic rings. The zero-order valence-electron chi connectivity index (χ0n) is 12.7. The van der Waals surface area contributed by atoms with Gasteiger partial charge >= 0.3 is 0 Å². The Bertz CT molecular complexity index is 493. The van der Waals surface area contributed by atoms with Crippen LogP contribution in [0, 0.1) is 17.8 Å². The van der Waals surface area contributed by atoms with Gasteiger partial charge in [-0.05, 0) is 79.5 Å². The first-order valence-electron chi connectivity index (χ1n) is 8.70.